The maximum atomic E-state index is 12.7. The Balaban J connectivity index is 1.39. The third-order valence-electron chi connectivity index (χ3n) is 5.76. The molecule has 0 spiro atoms. The first-order valence-electron chi connectivity index (χ1n) is 10.2. The number of likely N-dealkylation sites (tertiary alicyclic amines) is 1. The molecule has 2 aromatic rings. The Morgan fingerprint density at radius 3 is 2.11 bits per heavy atom. The van der Waals surface area contributed by atoms with Crippen LogP contribution in [0.4, 0.5) is 4.79 Å². The van der Waals surface area contributed by atoms with Gasteiger partial charge in [0.25, 0.3) is 0 Å². The van der Waals surface area contributed by atoms with Gasteiger partial charge in [-0.05, 0) is 55.8 Å². The highest BCUT2D eigenvalue weighted by Crippen LogP contribution is 2.40. The van der Waals surface area contributed by atoms with E-state index in [1.54, 1.807) is 0 Å². The largest absolute Gasteiger partial charge is 0.336 e. The number of benzene rings is 2. The lowest BCUT2D eigenvalue weighted by Gasteiger charge is -2.28. The van der Waals surface area contributed by atoms with E-state index in [0.717, 1.165) is 13.1 Å². The fraction of sp³-hybridized carbons (Fsp3) is 0.435. The molecule has 0 radical (unpaired) electrons. The fourth-order valence-corrected chi connectivity index (χ4v) is 4.13. The smallest absolute Gasteiger partial charge is 0.315 e. The zero-order valence-electron chi connectivity index (χ0n) is 15.8. The van der Waals surface area contributed by atoms with Gasteiger partial charge in [0.15, 0.2) is 0 Å². The maximum Gasteiger partial charge on any atom is 0.315 e. The van der Waals surface area contributed by atoms with E-state index in [9.17, 15) is 4.79 Å². The molecule has 1 aliphatic heterocycles. The van der Waals surface area contributed by atoms with E-state index in [4.69, 9.17) is 0 Å². The van der Waals surface area contributed by atoms with E-state index in [-0.39, 0.29) is 18.1 Å². The highest BCUT2D eigenvalue weighted by Gasteiger charge is 2.33. The Bertz CT molecular complexity index is 724. The second-order valence-electron chi connectivity index (χ2n) is 7.75. The molecule has 4 nitrogen and oxygen atoms in total. The molecule has 1 saturated heterocycles. The number of nitrogens with one attached hydrogen (secondary N) is 2. The van der Waals surface area contributed by atoms with Gasteiger partial charge in [0.05, 0.1) is 12.1 Å². The highest BCUT2D eigenvalue weighted by molar-refractivity contribution is 5.74. The first-order valence-corrected chi connectivity index (χ1v) is 10.2. The topological polar surface area (TPSA) is 44.4 Å². The van der Waals surface area contributed by atoms with Crippen LogP contribution in [0.25, 0.3) is 0 Å². The molecule has 27 heavy (non-hydrogen) atoms. The molecule has 0 bridgehead atoms. The van der Waals surface area contributed by atoms with E-state index >= 15 is 0 Å². The SMILES string of the molecule is O=C(NCC(c1ccccc1)N1CCCC1)NC(c1ccccc1)C1CC1. The summed E-state index contributed by atoms with van der Waals surface area (Å²) in [5.41, 5.74) is 2.48. The van der Waals surface area contributed by atoms with Crippen molar-refractivity contribution in [2.45, 2.75) is 37.8 Å². The predicted octanol–water partition coefficient (Wildman–Crippen LogP) is 4.27. The minimum atomic E-state index is -0.0594. The van der Waals surface area contributed by atoms with Crippen LogP contribution in [0.1, 0.15) is 48.9 Å². The fourth-order valence-electron chi connectivity index (χ4n) is 4.13. The molecule has 4 heteroatoms. The minimum Gasteiger partial charge on any atom is -0.336 e. The number of amides is 2. The summed E-state index contributed by atoms with van der Waals surface area (Å²) in [4.78, 5) is 15.2. The van der Waals surface area contributed by atoms with Crippen LogP contribution < -0.4 is 10.6 Å². The average molecular weight is 364 g/mol. The van der Waals surface area contributed by atoms with Gasteiger partial charge in [0, 0.05) is 6.54 Å². The van der Waals surface area contributed by atoms with Gasteiger partial charge in [-0.1, -0.05) is 60.7 Å². The maximum absolute atomic E-state index is 12.7. The van der Waals surface area contributed by atoms with Crippen molar-refractivity contribution in [1.29, 1.82) is 0 Å². The van der Waals surface area contributed by atoms with Gasteiger partial charge in [-0.3, -0.25) is 4.90 Å². The molecule has 2 aliphatic rings. The molecule has 2 atom stereocenters. The molecule has 2 N–H and O–H groups in total. The first kappa shape index (κ1) is 18.1. The monoisotopic (exact) mass is 363 g/mol. The Morgan fingerprint density at radius 1 is 0.926 bits per heavy atom. The molecule has 2 aromatic carbocycles. The molecule has 1 saturated carbocycles. The van der Waals surface area contributed by atoms with E-state index < -0.39 is 0 Å². The van der Waals surface area contributed by atoms with Crippen LogP contribution >= 0.6 is 0 Å². The van der Waals surface area contributed by atoms with Crippen molar-refractivity contribution in [1.82, 2.24) is 15.5 Å². The summed E-state index contributed by atoms with van der Waals surface area (Å²) in [5.74, 6) is 0.571. The molecule has 1 heterocycles. The van der Waals surface area contributed by atoms with Crippen molar-refractivity contribution in [3.63, 3.8) is 0 Å². The lowest BCUT2D eigenvalue weighted by Crippen LogP contribution is -2.43. The van der Waals surface area contributed by atoms with Crippen LogP contribution in [-0.4, -0.2) is 30.6 Å². The van der Waals surface area contributed by atoms with Gasteiger partial charge >= 0.3 is 6.03 Å². The second-order valence-corrected chi connectivity index (χ2v) is 7.75. The normalized spacial score (nSPS) is 19.4. The van der Waals surface area contributed by atoms with Gasteiger partial charge in [-0.25, -0.2) is 4.79 Å². The Labute approximate surface area is 162 Å². The third-order valence-corrected chi connectivity index (χ3v) is 5.76. The lowest BCUT2D eigenvalue weighted by atomic mass is 10.0. The number of nitrogens with zero attached hydrogens (tertiary/aromatic N) is 1. The van der Waals surface area contributed by atoms with Crippen molar-refractivity contribution < 1.29 is 4.79 Å². The number of carbonyl (C=O) groups excluding carboxylic acids is 1. The van der Waals surface area contributed by atoms with E-state index in [1.807, 2.05) is 24.3 Å². The summed E-state index contributed by atoms with van der Waals surface area (Å²) in [7, 11) is 0. The number of rotatable bonds is 7. The summed E-state index contributed by atoms with van der Waals surface area (Å²) >= 11 is 0. The number of hydrogen-bond acceptors (Lipinski definition) is 2. The van der Waals surface area contributed by atoms with Crippen LogP contribution in [0.2, 0.25) is 0 Å². The van der Waals surface area contributed by atoms with Crippen molar-refractivity contribution in [2.24, 2.45) is 5.92 Å². The van der Waals surface area contributed by atoms with Crippen LogP contribution in [0, 0.1) is 5.92 Å². The Kier molecular flexibility index (Phi) is 5.73. The van der Waals surface area contributed by atoms with Crippen molar-refractivity contribution in [3.05, 3.63) is 71.8 Å². The van der Waals surface area contributed by atoms with E-state index in [1.165, 1.54) is 36.8 Å². The third kappa shape index (κ3) is 4.69. The van der Waals surface area contributed by atoms with Crippen LogP contribution in [0.5, 0.6) is 0 Å². The average Bonchev–Trinajstić information content (AvgIpc) is 3.42. The van der Waals surface area contributed by atoms with E-state index in [2.05, 4.69) is 51.9 Å². The zero-order chi connectivity index (χ0) is 18.5. The van der Waals surface area contributed by atoms with Gasteiger partial charge in [-0.15, -0.1) is 0 Å². The van der Waals surface area contributed by atoms with Gasteiger partial charge in [-0.2, -0.15) is 0 Å². The van der Waals surface area contributed by atoms with Gasteiger partial charge in [0.1, 0.15) is 0 Å². The van der Waals surface area contributed by atoms with Gasteiger partial charge < -0.3 is 10.6 Å². The van der Waals surface area contributed by atoms with Gasteiger partial charge in [0.2, 0.25) is 0 Å². The number of carbonyl (C=O) groups is 1. The zero-order valence-corrected chi connectivity index (χ0v) is 15.8. The number of urea groups is 1. The molecule has 1 aliphatic carbocycles. The molecule has 2 amide bonds. The lowest BCUT2D eigenvalue weighted by molar-refractivity contribution is 0.217. The van der Waals surface area contributed by atoms with Crippen molar-refractivity contribution in [2.75, 3.05) is 19.6 Å². The van der Waals surface area contributed by atoms with Crippen LogP contribution in [0.15, 0.2) is 60.7 Å². The molecular weight excluding hydrogens is 334 g/mol. The summed E-state index contributed by atoms with van der Waals surface area (Å²) in [5, 5.41) is 6.37. The molecule has 0 aromatic heterocycles. The second kappa shape index (κ2) is 8.57. The summed E-state index contributed by atoms with van der Waals surface area (Å²) in [6, 6.07) is 21.2. The molecule has 4 rings (SSSR count). The number of hydrogen-bond donors (Lipinski definition) is 2. The van der Waals surface area contributed by atoms with E-state index in [0.29, 0.717) is 12.5 Å². The summed E-state index contributed by atoms with van der Waals surface area (Å²) in [6.45, 7) is 2.86. The predicted molar refractivity (Wildman–Crippen MR) is 108 cm³/mol. The van der Waals surface area contributed by atoms with Crippen LogP contribution in [-0.2, 0) is 0 Å². The van der Waals surface area contributed by atoms with Crippen LogP contribution in [0.3, 0.4) is 0 Å². The molecular formula is C23H29N3O. The van der Waals surface area contributed by atoms with Crippen molar-refractivity contribution in [3.8, 4) is 0 Å². The standard InChI is InChI=1S/C23H29N3O/c27-23(25-22(20-13-14-20)19-11-5-2-6-12-19)24-17-21(26-15-7-8-16-26)18-9-3-1-4-10-18/h1-6,9-12,20-22H,7-8,13-17H2,(H2,24,25,27). The Morgan fingerprint density at radius 2 is 1.52 bits per heavy atom. The first-order chi connectivity index (χ1) is 13.3. The summed E-state index contributed by atoms with van der Waals surface area (Å²) in [6.07, 6.45) is 4.88. The Hall–Kier alpha value is -2.33. The molecule has 142 valence electrons. The molecule has 2 fully saturated rings. The quantitative estimate of drug-likeness (QED) is 0.771. The highest BCUT2D eigenvalue weighted by atomic mass is 16.2. The minimum absolute atomic E-state index is 0.0594. The summed E-state index contributed by atoms with van der Waals surface area (Å²) < 4.78 is 0. The van der Waals surface area contributed by atoms with Crippen molar-refractivity contribution >= 4 is 6.03 Å². The molecule has 2 unspecified atom stereocenters.